The van der Waals surface area contributed by atoms with Crippen LogP contribution in [-0.4, -0.2) is 91.6 Å². The van der Waals surface area contributed by atoms with E-state index in [1.165, 1.54) is 43.3 Å². The Morgan fingerprint density at radius 1 is 0.512 bits per heavy atom. The smallest absolute Gasteiger partial charge is 0.460 e. The van der Waals surface area contributed by atoms with Gasteiger partial charge in [0.25, 0.3) is 0 Å². The van der Waals surface area contributed by atoms with Gasteiger partial charge >= 0.3 is 51.0 Å². The van der Waals surface area contributed by atoms with E-state index in [0.29, 0.717) is 11.1 Å². The predicted octanol–water partition coefficient (Wildman–Crippen LogP) is 8.87. The number of rotatable bonds is 22. The van der Waals surface area contributed by atoms with Crippen molar-refractivity contribution in [3.8, 4) is 24.7 Å². The molecule has 0 radical (unpaired) electrons. The Balaban J connectivity index is 1.06. The van der Waals surface area contributed by atoms with E-state index in [-0.39, 0.29) is 90.7 Å². The summed E-state index contributed by atoms with van der Waals surface area (Å²) in [7, 11) is -1.18. The molecule has 2 fully saturated rings. The van der Waals surface area contributed by atoms with Gasteiger partial charge in [-0.15, -0.1) is 24.7 Å². The second-order valence-corrected chi connectivity index (χ2v) is 20.5. The topological polar surface area (TPSA) is 245 Å². The van der Waals surface area contributed by atoms with E-state index in [4.69, 9.17) is 64.6 Å². The van der Waals surface area contributed by atoms with Crippen molar-refractivity contribution >= 4 is 78.6 Å². The highest BCUT2D eigenvalue weighted by atomic mass is 16.8. The zero-order chi connectivity index (χ0) is 58.4. The summed E-state index contributed by atoms with van der Waals surface area (Å²) in [6, 6.07) is 22.6. The van der Waals surface area contributed by atoms with Gasteiger partial charge < -0.3 is 51.8 Å². The van der Waals surface area contributed by atoms with Crippen molar-refractivity contribution in [3.63, 3.8) is 0 Å². The van der Waals surface area contributed by atoms with Gasteiger partial charge in [0.2, 0.25) is 0 Å². The van der Waals surface area contributed by atoms with E-state index in [9.17, 15) is 33.6 Å². The summed E-state index contributed by atoms with van der Waals surface area (Å²) in [5.41, 5.74) is 1.39. The normalized spacial score (nSPS) is 15.3. The molecule has 0 atom stereocenters. The number of ether oxygens (including phenoxy) is 7. The fourth-order valence-corrected chi connectivity index (χ4v) is 7.58. The molecule has 4 aromatic rings. The SMILES string of the molecule is C#CCCC(=O)c1ccc(COC(=O)OC(OC(=O)OCc2ccc(C(=O)CCC#C)cc2NC(=O)OCc2ccc(B3OC(C)(C)C(C)(C)O3)cc2)C(=O)OCC)c(NC(=O)OCc2ccc(B3OC(C)(C)C(C)(C)O3)cc2)c1. The van der Waals surface area contributed by atoms with E-state index >= 15 is 0 Å². The lowest BCUT2D eigenvalue weighted by atomic mass is 9.79. The lowest BCUT2D eigenvalue weighted by Gasteiger charge is -2.32. The molecule has 80 heavy (non-hydrogen) atoms. The number of hydrogen-bond acceptors (Lipinski definition) is 18. The first-order valence-electron chi connectivity index (χ1n) is 25.6. The molecule has 0 unspecified atom stereocenters. The zero-order valence-corrected chi connectivity index (χ0v) is 46.2. The molecular weight excluding hydrogens is 1030 g/mol. The summed E-state index contributed by atoms with van der Waals surface area (Å²) < 4.78 is 61.0. The van der Waals surface area contributed by atoms with Gasteiger partial charge in [0.1, 0.15) is 26.4 Å². The first kappa shape index (κ1) is 61.1. The van der Waals surface area contributed by atoms with Gasteiger partial charge in [-0.3, -0.25) is 20.2 Å². The summed E-state index contributed by atoms with van der Waals surface area (Å²) >= 11 is 0. The predicted molar refractivity (Wildman–Crippen MR) is 293 cm³/mol. The molecule has 0 bridgehead atoms. The quantitative estimate of drug-likeness (QED) is 0.0186. The van der Waals surface area contributed by atoms with Crippen LogP contribution in [0, 0.1) is 24.7 Å². The van der Waals surface area contributed by atoms with Crippen LogP contribution in [0.1, 0.15) is 131 Å². The number of amides is 2. The van der Waals surface area contributed by atoms with Crippen LogP contribution >= 0.6 is 0 Å². The van der Waals surface area contributed by atoms with Gasteiger partial charge in [-0.1, -0.05) is 72.8 Å². The molecule has 6 rings (SSSR count). The Morgan fingerprint density at radius 2 is 0.875 bits per heavy atom. The van der Waals surface area contributed by atoms with Crippen LogP contribution in [0.15, 0.2) is 84.9 Å². The number of terminal acetylenes is 2. The first-order chi connectivity index (χ1) is 37.8. The highest BCUT2D eigenvalue weighted by Crippen LogP contribution is 2.38. The summed E-state index contributed by atoms with van der Waals surface area (Å²) in [4.78, 5) is 91.4. The van der Waals surface area contributed by atoms with Crippen LogP contribution in [0.25, 0.3) is 0 Å². The number of Topliss-reactive ketones (excluding diaryl/α,β-unsaturated/α-hetero) is 2. The zero-order valence-electron chi connectivity index (χ0n) is 46.2. The molecule has 2 heterocycles. The molecule has 2 aliphatic heterocycles. The molecule has 2 saturated heterocycles. The number of ketones is 2. The first-order valence-corrected chi connectivity index (χ1v) is 25.6. The van der Waals surface area contributed by atoms with Crippen molar-refractivity contribution in [2.45, 2.75) is 143 Å². The van der Waals surface area contributed by atoms with Crippen LogP contribution < -0.4 is 21.6 Å². The largest absolute Gasteiger partial charge is 0.512 e. The van der Waals surface area contributed by atoms with Gasteiger partial charge in [-0.2, -0.15) is 0 Å². The van der Waals surface area contributed by atoms with E-state index in [2.05, 4.69) is 22.5 Å². The summed E-state index contributed by atoms with van der Waals surface area (Å²) in [6.07, 6.45) is 3.82. The van der Waals surface area contributed by atoms with E-state index in [1.807, 2.05) is 55.4 Å². The van der Waals surface area contributed by atoms with E-state index < -0.39 is 86.6 Å². The molecule has 2 N–H and O–H groups in total. The van der Waals surface area contributed by atoms with Crippen LogP contribution in [-0.2, 0) is 83.0 Å². The van der Waals surface area contributed by atoms with Crippen molar-refractivity contribution in [2.75, 3.05) is 17.2 Å². The van der Waals surface area contributed by atoms with Gasteiger partial charge in [0.05, 0.1) is 40.4 Å². The summed E-state index contributed by atoms with van der Waals surface area (Å²) in [5.74, 6) is 2.83. The Hall–Kier alpha value is -8.14. The Bertz CT molecular complexity index is 2790. The van der Waals surface area contributed by atoms with Gasteiger partial charge in [0, 0.05) is 47.9 Å². The maximum Gasteiger partial charge on any atom is 0.512 e. The van der Waals surface area contributed by atoms with E-state index in [0.717, 1.165) is 10.9 Å². The molecule has 22 heteroatoms. The van der Waals surface area contributed by atoms with Crippen molar-refractivity contribution in [1.29, 1.82) is 0 Å². The second kappa shape index (κ2) is 26.7. The number of hydrogen-bond donors (Lipinski definition) is 2. The van der Waals surface area contributed by atoms with E-state index in [1.54, 1.807) is 48.5 Å². The second-order valence-electron chi connectivity index (χ2n) is 20.5. The lowest BCUT2D eigenvalue weighted by Crippen LogP contribution is -2.41. The number of carbonyl (C=O) groups excluding carboxylic acids is 7. The number of nitrogens with one attached hydrogen (secondary N) is 2. The molecule has 0 saturated carbocycles. The summed E-state index contributed by atoms with van der Waals surface area (Å²) in [6.45, 7) is 15.3. The Labute approximate surface area is 465 Å². The third-order valence-corrected chi connectivity index (χ3v) is 13.7. The molecule has 0 spiro atoms. The molecule has 20 nitrogen and oxygen atoms in total. The van der Waals surface area contributed by atoms with Gasteiger partial charge in [-0.05, 0) is 96.5 Å². The third-order valence-electron chi connectivity index (χ3n) is 13.7. The van der Waals surface area contributed by atoms with Crippen LogP contribution in [0.2, 0.25) is 0 Å². The standard InChI is InChI=1S/C58H64B2N2O18/c1-12-15-17-47(63)39-23-25-41(45(31-39)61-51(66)71-33-37-19-27-43(28-20-37)59-77-55(4,5)56(6,7)78-59)35-73-53(68)75-50(49(65)70-14-3)76-54(69)74-36-42-26-24-40(48(64)18-16-13-2)32-46(42)62-52(67)72-34-38-21-29-44(30-22-38)60-79-57(8,9)58(10,11)80-60/h1-2,19-32,50H,14-18,33-36H2,3-11H3,(H,61,66)(H,62,67). The van der Waals surface area contributed by atoms with Crippen molar-refractivity contribution in [2.24, 2.45) is 0 Å². The summed E-state index contributed by atoms with van der Waals surface area (Å²) in [5, 5.41) is 5.14. The molecular formula is C58H64B2N2O18. The Morgan fingerprint density at radius 3 is 1.21 bits per heavy atom. The third kappa shape index (κ3) is 16.2. The maximum atomic E-state index is 13.2. The monoisotopic (exact) mass is 1100 g/mol. The van der Waals surface area contributed by atoms with Crippen molar-refractivity contribution < 1.29 is 85.3 Å². The number of benzene rings is 4. The Kier molecular flexibility index (Phi) is 20.4. The molecule has 420 valence electrons. The minimum Gasteiger partial charge on any atom is -0.460 e. The van der Waals surface area contributed by atoms with Gasteiger partial charge in [0.15, 0.2) is 11.6 Å². The molecule has 2 aliphatic rings. The fraction of sp³-hybridized carbons (Fsp3) is 0.397. The maximum absolute atomic E-state index is 13.2. The average molecular weight is 1100 g/mol. The number of carbonyl (C=O) groups is 7. The highest BCUT2D eigenvalue weighted by molar-refractivity contribution is 6.62. The van der Waals surface area contributed by atoms with Crippen LogP contribution in [0.3, 0.4) is 0 Å². The minimum atomic E-state index is -2.35. The molecule has 0 aliphatic carbocycles. The number of anilines is 2. The minimum absolute atomic E-state index is 0.0125. The van der Waals surface area contributed by atoms with Crippen molar-refractivity contribution in [1.82, 2.24) is 0 Å². The van der Waals surface area contributed by atoms with Gasteiger partial charge in [-0.25, -0.2) is 24.0 Å². The highest BCUT2D eigenvalue weighted by Gasteiger charge is 2.52. The number of esters is 1. The fourth-order valence-electron chi connectivity index (χ4n) is 7.58. The average Bonchev–Trinajstić information content (AvgIpc) is 3.78. The molecule has 2 amide bonds. The van der Waals surface area contributed by atoms with Crippen molar-refractivity contribution in [3.05, 3.63) is 118 Å². The van der Waals surface area contributed by atoms with Crippen LogP contribution in [0.4, 0.5) is 30.6 Å². The van der Waals surface area contributed by atoms with Crippen LogP contribution in [0.5, 0.6) is 0 Å². The lowest BCUT2D eigenvalue weighted by molar-refractivity contribution is -0.180. The molecule has 0 aromatic heterocycles. The molecule has 4 aromatic carbocycles.